The van der Waals surface area contributed by atoms with Crippen LogP contribution < -0.4 is 10.1 Å². The van der Waals surface area contributed by atoms with Gasteiger partial charge in [-0.3, -0.25) is 4.98 Å². The van der Waals surface area contributed by atoms with Gasteiger partial charge in [-0.2, -0.15) is 4.98 Å². The largest absolute Gasteiger partial charge is 0.446 e. The minimum atomic E-state index is -0.447. The van der Waals surface area contributed by atoms with Crippen molar-refractivity contribution in [3.8, 4) is 17.1 Å². The van der Waals surface area contributed by atoms with Gasteiger partial charge in [-0.1, -0.05) is 49.4 Å². The van der Waals surface area contributed by atoms with Gasteiger partial charge < -0.3 is 10.1 Å². The zero-order chi connectivity index (χ0) is 18.6. The highest BCUT2D eigenvalue weighted by Gasteiger charge is 2.26. The Morgan fingerprint density at radius 1 is 1.07 bits per heavy atom. The second kappa shape index (κ2) is 7.92. The second-order valence-electron chi connectivity index (χ2n) is 6.34. The molecule has 0 saturated carbocycles. The number of nitrogens with one attached hydrogen (secondary N) is 1. The van der Waals surface area contributed by atoms with E-state index in [4.69, 9.17) is 4.74 Å². The van der Waals surface area contributed by atoms with E-state index in [-0.39, 0.29) is 0 Å². The van der Waals surface area contributed by atoms with Gasteiger partial charge in [0.05, 0.1) is 0 Å². The molecule has 1 aliphatic rings. The van der Waals surface area contributed by atoms with Gasteiger partial charge in [0.2, 0.25) is 17.3 Å². The molecule has 27 heavy (non-hydrogen) atoms. The molecule has 3 heterocycles. The molecule has 2 aromatic heterocycles. The van der Waals surface area contributed by atoms with Gasteiger partial charge in [-0.25, -0.2) is 0 Å². The molecular formula is C20H21N5OS. The zero-order valence-electron chi connectivity index (χ0n) is 15.3. The summed E-state index contributed by atoms with van der Waals surface area (Å²) < 4.78 is 6.23. The molecule has 1 unspecified atom stereocenters. The number of thioether (sulfide) groups is 1. The van der Waals surface area contributed by atoms with Crippen molar-refractivity contribution >= 4 is 17.4 Å². The SMILES string of the molecule is CCCCSc1nnc2c(n1)OC(c1cccc(C)n1)Nc1ccccc1-2. The van der Waals surface area contributed by atoms with E-state index in [9.17, 15) is 0 Å². The highest BCUT2D eigenvalue weighted by Crippen LogP contribution is 2.39. The summed E-state index contributed by atoms with van der Waals surface area (Å²) in [5, 5.41) is 12.8. The Bertz CT molecular complexity index is 949. The summed E-state index contributed by atoms with van der Waals surface area (Å²) in [5.74, 6) is 1.45. The van der Waals surface area contributed by atoms with Crippen molar-refractivity contribution in [2.45, 2.75) is 38.1 Å². The van der Waals surface area contributed by atoms with E-state index < -0.39 is 6.23 Å². The van der Waals surface area contributed by atoms with E-state index in [0.717, 1.165) is 41.2 Å². The zero-order valence-corrected chi connectivity index (χ0v) is 16.2. The molecular weight excluding hydrogens is 358 g/mol. The first-order chi connectivity index (χ1) is 13.2. The van der Waals surface area contributed by atoms with Crippen LogP contribution >= 0.6 is 11.8 Å². The molecule has 7 heteroatoms. The van der Waals surface area contributed by atoms with E-state index in [1.807, 2.05) is 49.4 Å². The number of aryl methyl sites for hydroxylation is 1. The Hall–Kier alpha value is -2.67. The lowest BCUT2D eigenvalue weighted by Crippen LogP contribution is -2.18. The molecule has 0 amide bonds. The number of hydrogen-bond donors (Lipinski definition) is 1. The molecule has 1 atom stereocenters. The number of benzene rings is 1. The lowest BCUT2D eigenvalue weighted by Gasteiger charge is -2.18. The van der Waals surface area contributed by atoms with Gasteiger partial charge in [0.25, 0.3) is 0 Å². The summed E-state index contributed by atoms with van der Waals surface area (Å²) in [4.78, 5) is 9.25. The topological polar surface area (TPSA) is 72.8 Å². The molecule has 0 saturated heterocycles. The van der Waals surface area contributed by atoms with Crippen LogP contribution in [0.5, 0.6) is 5.88 Å². The number of para-hydroxylation sites is 1. The molecule has 6 nitrogen and oxygen atoms in total. The number of anilines is 1. The summed E-state index contributed by atoms with van der Waals surface area (Å²) in [6.07, 6.45) is 1.81. The van der Waals surface area contributed by atoms with E-state index >= 15 is 0 Å². The Morgan fingerprint density at radius 2 is 1.96 bits per heavy atom. The molecule has 0 radical (unpaired) electrons. The molecule has 0 spiro atoms. The fourth-order valence-corrected chi connectivity index (χ4v) is 3.72. The summed E-state index contributed by atoms with van der Waals surface area (Å²) in [6.45, 7) is 4.14. The molecule has 1 aromatic carbocycles. The quantitative estimate of drug-likeness (QED) is 0.511. The third-order valence-electron chi connectivity index (χ3n) is 4.24. The average Bonchev–Trinajstić information content (AvgIpc) is 2.85. The van der Waals surface area contributed by atoms with Crippen LogP contribution in [0.1, 0.15) is 37.4 Å². The molecule has 138 valence electrons. The maximum Gasteiger partial charge on any atom is 0.247 e. The Labute approximate surface area is 162 Å². The van der Waals surface area contributed by atoms with Gasteiger partial charge in [-0.05, 0) is 31.5 Å². The molecule has 0 aliphatic carbocycles. The summed E-state index contributed by atoms with van der Waals surface area (Å²) in [5.41, 5.74) is 4.23. The summed E-state index contributed by atoms with van der Waals surface area (Å²) >= 11 is 1.60. The highest BCUT2D eigenvalue weighted by atomic mass is 32.2. The van der Waals surface area contributed by atoms with Gasteiger partial charge >= 0.3 is 0 Å². The predicted octanol–water partition coefficient (Wildman–Crippen LogP) is 4.64. The van der Waals surface area contributed by atoms with Crippen LogP contribution in [0.4, 0.5) is 5.69 Å². The number of unbranched alkanes of at least 4 members (excludes halogenated alkanes) is 1. The molecule has 4 rings (SSSR count). The van der Waals surface area contributed by atoms with Crippen molar-refractivity contribution < 1.29 is 4.74 Å². The smallest absolute Gasteiger partial charge is 0.247 e. The maximum absolute atomic E-state index is 6.23. The number of aromatic nitrogens is 4. The molecule has 1 N–H and O–H groups in total. The van der Waals surface area contributed by atoms with Crippen molar-refractivity contribution in [2.24, 2.45) is 0 Å². The first-order valence-corrected chi connectivity index (χ1v) is 10.1. The predicted molar refractivity (Wildman–Crippen MR) is 107 cm³/mol. The van der Waals surface area contributed by atoms with Crippen molar-refractivity contribution in [2.75, 3.05) is 11.1 Å². The summed E-state index contributed by atoms with van der Waals surface area (Å²) in [7, 11) is 0. The number of nitrogens with zero attached hydrogens (tertiary/aromatic N) is 4. The standard InChI is InChI=1S/C20H21N5OS/c1-3-4-12-27-20-23-19-17(24-25-20)14-9-5-6-10-15(14)22-18(26-19)16-11-7-8-13(2)21-16/h5-11,18,22H,3-4,12H2,1-2H3. The Kier molecular flexibility index (Phi) is 5.20. The van der Waals surface area contributed by atoms with E-state index in [1.54, 1.807) is 11.8 Å². The molecule has 0 bridgehead atoms. The van der Waals surface area contributed by atoms with Crippen LogP contribution in [0.25, 0.3) is 11.3 Å². The van der Waals surface area contributed by atoms with Crippen LogP contribution in [-0.2, 0) is 0 Å². The van der Waals surface area contributed by atoms with Crippen LogP contribution in [0.3, 0.4) is 0 Å². The van der Waals surface area contributed by atoms with Crippen LogP contribution in [0.2, 0.25) is 0 Å². The Balaban J connectivity index is 1.74. The van der Waals surface area contributed by atoms with Crippen LogP contribution in [0.15, 0.2) is 47.6 Å². The number of fused-ring (bicyclic) bond motifs is 3. The third-order valence-corrected chi connectivity index (χ3v) is 5.17. The fraction of sp³-hybridized carbons (Fsp3) is 0.300. The van der Waals surface area contributed by atoms with E-state index in [1.165, 1.54) is 0 Å². The lowest BCUT2D eigenvalue weighted by molar-refractivity contribution is 0.220. The molecule has 0 fully saturated rings. The lowest BCUT2D eigenvalue weighted by atomic mass is 10.1. The minimum Gasteiger partial charge on any atom is -0.446 e. The highest BCUT2D eigenvalue weighted by molar-refractivity contribution is 7.99. The fourth-order valence-electron chi connectivity index (χ4n) is 2.86. The van der Waals surface area contributed by atoms with Crippen LogP contribution in [0, 0.1) is 6.92 Å². The van der Waals surface area contributed by atoms with Gasteiger partial charge in [0.15, 0.2) is 5.69 Å². The Morgan fingerprint density at radius 3 is 2.81 bits per heavy atom. The first-order valence-electron chi connectivity index (χ1n) is 9.08. The van der Waals surface area contributed by atoms with Crippen molar-refractivity contribution in [3.05, 3.63) is 53.9 Å². The maximum atomic E-state index is 6.23. The number of rotatable bonds is 5. The van der Waals surface area contributed by atoms with E-state index in [0.29, 0.717) is 16.7 Å². The van der Waals surface area contributed by atoms with Crippen molar-refractivity contribution in [1.29, 1.82) is 0 Å². The van der Waals surface area contributed by atoms with Gasteiger partial charge in [-0.15, -0.1) is 10.2 Å². The second-order valence-corrected chi connectivity index (χ2v) is 7.40. The van der Waals surface area contributed by atoms with Crippen molar-refractivity contribution in [1.82, 2.24) is 20.2 Å². The third kappa shape index (κ3) is 3.88. The minimum absolute atomic E-state index is 0.447. The van der Waals surface area contributed by atoms with Gasteiger partial charge in [0, 0.05) is 22.7 Å². The normalized spacial score (nSPS) is 15.1. The molecule has 1 aliphatic heterocycles. The number of pyridine rings is 1. The van der Waals surface area contributed by atoms with E-state index in [2.05, 4.69) is 32.4 Å². The number of hydrogen-bond acceptors (Lipinski definition) is 7. The van der Waals surface area contributed by atoms with Crippen LogP contribution in [-0.4, -0.2) is 25.9 Å². The first kappa shape index (κ1) is 17.7. The summed E-state index contributed by atoms with van der Waals surface area (Å²) in [6, 6.07) is 13.8. The average molecular weight is 379 g/mol. The monoisotopic (exact) mass is 379 g/mol. The van der Waals surface area contributed by atoms with Gasteiger partial charge in [0.1, 0.15) is 5.69 Å². The van der Waals surface area contributed by atoms with Crippen molar-refractivity contribution in [3.63, 3.8) is 0 Å². The number of ether oxygens (including phenoxy) is 1. The molecule has 3 aromatic rings.